The van der Waals surface area contributed by atoms with Crippen molar-refractivity contribution < 1.29 is 24.5 Å². The Kier molecular flexibility index (Phi) is 3.67. The van der Waals surface area contributed by atoms with Crippen molar-refractivity contribution >= 4 is 12.1 Å². The normalized spacial score (nSPS) is 41.7. The molecule has 0 aromatic carbocycles. The molecule has 6 nitrogen and oxygen atoms in total. The van der Waals surface area contributed by atoms with Crippen LogP contribution in [-0.4, -0.2) is 39.5 Å². The van der Waals surface area contributed by atoms with Crippen molar-refractivity contribution in [3.05, 3.63) is 0 Å². The summed E-state index contributed by atoms with van der Waals surface area (Å²) >= 11 is 0. The lowest BCUT2D eigenvalue weighted by Gasteiger charge is -2.64. The number of rotatable bonds is 3. The van der Waals surface area contributed by atoms with Gasteiger partial charge in [0, 0.05) is 5.41 Å². The maximum atomic E-state index is 12.2. The van der Waals surface area contributed by atoms with E-state index in [9.17, 15) is 19.8 Å². The highest BCUT2D eigenvalue weighted by Gasteiger charge is 2.64. The molecule has 4 aliphatic rings. The Balaban J connectivity index is 1.86. The summed E-state index contributed by atoms with van der Waals surface area (Å²) in [7, 11) is 0. The number of carbonyl (C=O) groups excluding carboxylic acids is 1. The molecule has 0 saturated heterocycles. The molecule has 0 aliphatic heterocycles. The molecule has 0 heterocycles. The Morgan fingerprint density at radius 2 is 1.74 bits per heavy atom. The first-order chi connectivity index (χ1) is 10.5. The van der Waals surface area contributed by atoms with Crippen molar-refractivity contribution in [2.45, 2.75) is 76.5 Å². The van der Waals surface area contributed by atoms with E-state index >= 15 is 0 Å². The first-order valence-corrected chi connectivity index (χ1v) is 8.45. The predicted octanol–water partition coefficient (Wildman–Crippen LogP) is 2.30. The second kappa shape index (κ2) is 5.10. The molecule has 130 valence electrons. The number of aliphatic hydroxyl groups is 1. The van der Waals surface area contributed by atoms with E-state index in [2.05, 4.69) is 5.32 Å². The van der Waals surface area contributed by atoms with Crippen molar-refractivity contribution in [2.75, 3.05) is 0 Å². The summed E-state index contributed by atoms with van der Waals surface area (Å²) in [6.45, 7) is 5.35. The maximum Gasteiger partial charge on any atom is 0.407 e. The van der Waals surface area contributed by atoms with E-state index in [0.717, 1.165) is 19.3 Å². The van der Waals surface area contributed by atoms with Crippen LogP contribution in [0, 0.1) is 17.3 Å². The van der Waals surface area contributed by atoms with Gasteiger partial charge in [0.1, 0.15) is 5.60 Å². The lowest BCUT2D eigenvalue weighted by atomic mass is 9.45. The third kappa shape index (κ3) is 3.05. The first kappa shape index (κ1) is 16.6. The zero-order chi connectivity index (χ0) is 17.0. The molecule has 5 atom stereocenters. The predicted molar refractivity (Wildman–Crippen MR) is 82.9 cm³/mol. The fourth-order valence-corrected chi connectivity index (χ4v) is 5.57. The molecule has 0 aromatic heterocycles. The Labute approximate surface area is 136 Å². The van der Waals surface area contributed by atoms with Crippen LogP contribution in [0.2, 0.25) is 0 Å². The number of hydrogen-bond donors (Lipinski definition) is 3. The van der Waals surface area contributed by atoms with Gasteiger partial charge in [0.2, 0.25) is 0 Å². The van der Waals surface area contributed by atoms with Gasteiger partial charge < -0.3 is 20.3 Å². The topological polar surface area (TPSA) is 95.9 Å². The minimum absolute atomic E-state index is 0.0111. The summed E-state index contributed by atoms with van der Waals surface area (Å²) in [6.07, 6.45) is 3.30. The smallest absolute Gasteiger partial charge is 0.407 e. The van der Waals surface area contributed by atoms with Crippen LogP contribution >= 0.6 is 0 Å². The van der Waals surface area contributed by atoms with Gasteiger partial charge in [-0.2, -0.15) is 0 Å². The fourth-order valence-electron chi connectivity index (χ4n) is 5.57. The van der Waals surface area contributed by atoms with Crippen molar-refractivity contribution in [1.82, 2.24) is 5.32 Å². The number of amides is 1. The summed E-state index contributed by atoms with van der Waals surface area (Å²) in [4.78, 5) is 23.7. The molecule has 4 rings (SSSR count). The molecule has 0 aromatic rings. The van der Waals surface area contributed by atoms with E-state index in [1.165, 1.54) is 0 Å². The van der Waals surface area contributed by atoms with Gasteiger partial charge in [0.25, 0.3) is 0 Å². The van der Waals surface area contributed by atoms with Crippen LogP contribution < -0.4 is 5.32 Å². The largest absolute Gasteiger partial charge is 0.481 e. The molecule has 4 aliphatic carbocycles. The molecule has 4 fully saturated rings. The zero-order valence-corrected chi connectivity index (χ0v) is 14.1. The molecule has 2 unspecified atom stereocenters. The summed E-state index contributed by atoms with van der Waals surface area (Å²) < 4.78 is 5.33. The van der Waals surface area contributed by atoms with Gasteiger partial charge in [-0.15, -0.1) is 0 Å². The van der Waals surface area contributed by atoms with Crippen LogP contribution in [0.5, 0.6) is 0 Å². The lowest BCUT2D eigenvalue weighted by molar-refractivity contribution is -0.194. The lowest BCUT2D eigenvalue weighted by Crippen LogP contribution is -2.71. The third-order valence-electron chi connectivity index (χ3n) is 5.66. The summed E-state index contributed by atoms with van der Waals surface area (Å²) in [5, 5.41) is 23.3. The Hall–Kier alpha value is -1.30. The maximum absolute atomic E-state index is 12.2. The van der Waals surface area contributed by atoms with Crippen LogP contribution in [0.4, 0.5) is 4.79 Å². The van der Waals surface area contributed by atoms with E-state index in [4.69, 9.17) is 4.74 Å². The van der Waals surface area contributed by atoms with Gasteiger partial charge in [0.15, 0.2) is 0 Å². The zero-order valence-electron chi connectivity index (χ0n) is 14.1. The monoisotopic (exact) mass is 325 g/mol. The summed E-state index contributed by atoms with van der Waals surface area (Å²) in [5.74, 6) is -0.140. The highest BCUT2D eigenvalue weighted by atomic mass is 16.6. The highest BCUT2D eigenvalue weighted by molar-refractivity contribution is 5.70. The number of carboxylic acid groups (broad SMARTS) is 1. The van der Waals surface area contributed by atoms with Gasteiger partial charge in [-0.3, -0.25) is 4.79 Å². The van der Waals surface area contributed by atoms with E-state index in [1.54, 1.807) is 20.8 Å². The Morgan fingerprint density at radius 1 is 1.17 bits per heavy atom. The Bertz CT molecular complexity index is 510. The van der Waals surface area contributed by atoms with Gasteiger partial charge in [-0.05, 0) is 64.7 Å². The third-order valence-corrected chi connectivity index (χ3v) is 5.66. The number of nitrogens with one attached hydrogen (secondary N) is 1. The standard InChI is InChI=1S/C17H27NO5/c1-15(2,3)23-14(21)18-13-16(9-12(19)20)5-10-4-11(6-16)8-17(13,22)7-10/h10-11,13,22H,4-9H2,1-3H3,(H,18,21)(H,19,20)/t10-,11+,13-,16?,17?/m0/s1. The second-order valence-electron chi connectivity index (χ2n) is 8.90. The van der Waals surface area contributed by atoms with E-state index in [-0.39, 0.29) is 6.42 Å². The second-order valence-corrected chi connectivity index (χ2v) is 8.90. The molecule has 23 heavy (non-hydrogen) atoms. The van der Waals surface area contributed by atoms with Crippen molar-refractivity contribution in [3.63, 3.8) is 0 Å². The number of alkyl carbamates (subject to hydrolysis) is 1. The molecular formula is C17H27NO5. The minimum Gasteiger partial charge on any atom is -0.481 e. The fraction of sp³-hybridized carbons (Fsp3) is 0.882. The van der Waals surface area contributed by atoms with Crippen LogP contribution in [0.15, 0.2) is 0 Å². The first-order valence-electron chi connectivity index (χ1n) is 8.45. The average molecular weight is 325 g/mol. The number of ether oxygens (including phenoxy) is 1. The van der Waals surface area contributed by atoms with Gasteiger partial charge in [-0.1, -0.05) is 0 Å². The van der Waals surface area contributed by atoms with Crippen LogP contribution in [0.25, 0.3) is 0 Å². The quantitative estimate of drug-likeness (QED) is 0.740. The molecule has 4 bridgehead atoms. The van der Waals surface area contributed by atoms with Gasteiger partial charge in [0.05, 0.1) is 18.1 Å². The van der Waals surface area contributed by atoms with E-state index in [1.807, 2.05) is 0 Å². The van der Waals surface area contributed by atoms with Gasteiger partial charge in [-0.25, -0.2) is 4.79 Å². The van der Waals surface area contributed by atoms with Crippen LogP contribution in [-0.2, 0) is 9.53 Å². The number of hydrogen-bond acceptors (Lipinski definition) is 4. The average Bonchev–Trinajstić information content (AvgIpc) is 2.29. The Morgan fingerprint density at radius 3 is 2.22 bits per heavy atom. The number of carboxylic acids is 1. The molecule has 4 saturated carbocycles. The summed E-state index contributed by atoms with van der Waals surface area (Å²) in [6, 6.07) is -0.547. The molecule has 0 spiro atoms. The molecular weight excluding hydrogens is 298 g/mol. The summed E-state index contributed by atoms with van der Waals surface area (Å²) in [5.41, 5.74) is -2.18. The number of carbonyl (C=O) groups is 2. The van der Waals surface area contributed by atoms with Gasteiger partial charge >= 0.3 is 12.1 Å². The van der Waals surface area contributed by atoms with E-state index < -0.39 is 34.7 Å². The highest BCUT2D eigenvalue weighted by Crippen LogP contribution is 2.62. The molecule has 6 heteroatoms. The van der Waals surface area contributed by atoms with E-state index in [0.29, 0.717) is 24.7 Å². The van der Waals surface area contributed by atoms with Crippen LogP contribution in [0.3, 0.4) is 0 Å². The van der Waals surface area contributed by atoms with Crippen molar-refractivity contribution in [1.29, 1.82) is 0 Å². The minimum atomic E-state index is -1.00. The SMILES string of the molecule is CC(C)(C)OC(=O)N[C@@H]1C2(O)C[C@H]3C[C@@H](C2)CC1(CC(=O)O)C3. The molecule has 1 amide bonds. The van der Waals surface area contributed by atoms with Crippen molar-refractivity contribution in [2.24, 2.45) is 17.3 Å². The molecule has 0 radical (unpaired) electrons. The molecule has 3 N–H and O–H groups in total. The number of aliphatic carboxylic acids is 1. The van der Waals surface area contributed by atoms with Crippen LogP contribution in [0.1, 0.15) is 59.3 Å². The van der Waals surface area contributed by atoms with Crippen molar-refractivity contribution in [3.8, 4) is 0 Å².